The molecule has 1 aliphatic carbocycles. The van der Waals surface area contributed by atoms with Crippen LogP contribution in [0.15, 0.2) is 0 Å². The second kappa shape index (κ2) is 7.00. The first-order chi connectivity index (χ1) is 10.3. The molecule has 1 N–H and O–H groups in total. The Balaban J connectivity index is 1.70. The Morgan fingerprint density at radius 3 is 2.67 bits per heavy atom. The van der Waals surface area contributed by atoms with Gasteiger partial charge in [0.2, 0.25) is 0 Å². The molecule has 21 heavy (non-hydrogen) atoms. The van der Waals surface area contributed by atoms with Crippen molar-refractivity contribution in [2.24, 2.45) is 5.92 Å². The van der Waals surface area contributed by atoms with Crippen LogP contribution in [0.1, 0.15) is 90.4 Å². The number of piperidine rings is 1. The zero-order chi connectivity index (χ0) is 14.7. The molecular weight excluding hydrogens is 258 g/mol. The van der Waals surface area contributed by atoms with Crippen molar-refractivity contribution >= 4 is 0 Å². The quantitative estimate of drug-likeness (QED) is 0.729. The summed E-state index contributed by atoms with van der Waals surface area (Å²) in [5, 5.41) is 9.88. The van der Waals surface area contributed by atoms with Crippen LogP contribution in [-0.2, 0) is 0 Å². The summed E-state index contributed by atoms with van der Waals surface area (Å²) in [7, 11) is 0. The lowest BCUT2D eigenvalue weighted by Gasteiger charge is -2.56. The van der Waals surface area contributed by atoms with Crippen LogP contribution in [0, 0.1) is 5.92 Å². The molecule has 2 aliphatic heterocycles. The summed E-state index contributed by atoms with van der Waals surface area (Å²) in [5.74, 6) is 0.940. The summed E-state index contributed by atoms with van der Waals surface area (Å²) < 4.78 is 0. The Bertz CT molecular complexity index is 332. The highest BCUT2D eigenvalue weighted by molar-refractivity contribution is 5.10. The lowest BCUT2D eigenvalue weighted by atomic mass is 9.66. The van der Waals surface area contributed by atoms with Gasteiger partial charge in [0.25, 0.3) is 0 Å². The minimum absolute atomic E-state index is 0.389. The van der Waals surface area contributed by atoms with E-state index in [9.17, 15) is 5.11 Å². The van der Waals surface area contributed by atoms with Gasteiger partial charge in [-0.2, -0.15) is 0 Å². The van der Waals surface area contributed by atoms with E-state index in [4.69, 9.17) is 0 Å². The fourth-order valence-electron chi connectivity index (χ4n) is 5.89. The molecule has 3 aliphatic rings. The predicted octanol–water partition coefficient (Wildman–Crippen LogP) is 4.50. The summed E-state index contributed by atoms with van der Waals surface area (Å²) in [6.45, 7) is 2.68. The SMILES string of the molecule is CCCCCC[C@@H]1CC[C@@H]2CCCC[C@]23CC[C@@H](CO)N13. The first-order valence-electron chi connectivity index (χ1n) is 9.71. The second-order valence-corrected chi connectivity index (χ2v) is 7.91. The van der Waals surface area contributed by atoms with Crippen LogP contribution in [0.5, 0.6) is 0 Å². The van der Waals surface area contributed by atoms with Crippen LogP contribution >= 0.6 is 0 Å². The van der Waals surface area contributed by atoms with E-state index in [2.05, 4.69) is 11.8 Å². The molecule has 122 valence electrons. The van der Waals surface area contributed by atoms with Gasteiger partial charge in [-0.1, -0.05) is 45.4 Å². The molecule has 2 heteroatoms. The maximum Gasteiger partial charge on any atom is 0.0587 e. The van der Waals surface area contributed by atoms with Crippen LogP contribution in [0.3, 0.4) is 0 Å². The third-order valence-corrected chi connectivity index (χ3v) is 6.83. The van der Waals surface area contributed by atoms with Crippen LogP contribution < -0.4 is 0 Å². The molecule has 0 aromatic heterocycles. The van der Waals surface area contributed by atoms with E-state index in [1.165, 1.54) is 83.5 Å². The van der Waals surface area contributed by atoms with Gasteiger partial charge >= 0.3 is 0 Å². The predicted molar refractivity (Wildman–Crippen MR) is 88.4 cm³/mol. The number of rotatable bonds is 6. The summed E-state index contributed by atoms with van der Waals surface area (Å²) >= 11 is 0. The fraction of sp³-hybridized carbons (Fsp3) is 1.00. The van der Waals surface area contributed by atoms with Gasteiger partial charge in [-0.3, -0.25) is 4.90 Å². The number of aliphatic hydroxyl groups is 1. The molecule has 2 saturated heterocycles. The van der Waals surface area contributed by atoms with E-state index in [0.29, 0.717) is 18.2 Å². The zero-order valence-electron chi connectivity index (χ0n) is 14.0. The fourth-order valence-corrected chi connectivity index (χ4v) is 5.89. The molecule has 2 heterocycles. The van der Waals surface area contributed by atoms with E-state index in [1.54, 1.807) is 0 Å². The van der Waals surface area contributed by atoms with E-state index in [-0.39, 0.29) is 0 Å². The molecular formula is C19H35NO. The molecule has 4 atom stereocenters. The third kappa shape index (κ3) is 2.91. The lowest BCUT2D eigenvalue weighted by Crippen LogP contribution is -2.61. The minimum Gasteiger partial charge on any atom is -0.395 e. The van der Waals surface area contributed by atoms with Crippen molar-refractivity contribution in [3.8, 4) is 0 Å². The maximum absolute atomic E-state index is 9.88. The molecule has 1 spiro atoms. The Morgan fingerprint density at radius 1 is 0.952 bits per heavy atom. The first-order valence-corrected chi connectivity index (χ1v) is 9.71. The van der Waals surface area contributed by atoms with Gasteiger partial charge in [-0.15, -0.1) is 0 Å². The Morgan fingerprint density at radius 2 is 1.86 bits per heavy atom. The highest BCUT2D eigenvalue weighted by Crippen LogP contribution is 2.54. The van der Waals surface area contributed by atoms with E-state index in [0.717, 1.165) is 12.0 Å². The van der Waals surface area contributed by atoms with Crippen molar-refractivity contribution in [1.29, 1.82) is 0 Å². The van der Waals surface area contributed by atoms with Gasteiger partial charge in [0.1, 0.15) is 0 Å². The molecule has 0 aromatic rings. The smallest absolute Gasteiger partial charge is 0.0587 e. The molecule has 3 rings (SSSR count). The van der Waals surface area contributed by atoms with E-state index < -0.39 is 0 Å². The number of nitrogens with zero attached hydrogens (tertiary/aromatic N) is 1. The largest absolute Gasteiger partial charge is 0.395 e. The normalized spacial score (nSPS) is 40.0. The second-order valence-electron chi connectivity index (χ2n) is 7.91. The van der Waals surface area contributed by atoms with Gasteiger partial charge in [0, 0.05) is 17.6 Å². The Labute approximate surface area is 131 Å². The number of aliphatic hydroxyl groups excluding tert-OH is 1. The van der Waals surface area contributed by atoms with Crippen molar-refractivity contribution in [1.82, 2.24) is 4.90 Å². The van der Waals surface area contributed by atoms with Gasteiger partial charge in [0.15, 0.2) is 0 Å². The summed E-state index contributed by atoms with van der Waals surface area (Å²) in [6.07, 6.45) is 18.1. The van der Waals surface area contributed by atoms with Crippen molar-refractivity contribution in [2.75, 3.05) is 6.61 Å². The highest BCUT2D eigenvalue weighted by atomic mass is 16.3. The summed E-state index contributed by atoms with van der Waals surface area (Å²) in [4.78, 5) is 2.87. The van der Waals surface area contributed by atoms with Gasteiger partial charge in [0.05, 0.1) is 6.61 Å². The lowest BCUT2D eigenvalue weighted by molar-refractivity contribution is -0.0702. The topological polar surface area (TPSA) is 23.5 Å². The molecule has 0 amide bonds. The van der Waals surface area contributed by atoms with Crippen LogP contribution in [0.25, 0.3) is 0 Å². The van der Waals surface area contributed by atoms with Crippen molar-refractivity contribution in [3.05, 3.63) is 0 Å². The summed E-state index contributed by atoms with van der Waals surface area (Å²) in [6, 6.07) is 1.25. The van der Waals surface area contributed by atoms with Gasteiger partial charge in [-0.25, -0.2) is 0 Å². The van der Waals surface area contributed by atoms with Crippen LogP contribution in [0.2, 0.25) is 0 Å². The zero-order valence-corrected chi connectivity index (χ0v) is 14.0. The molecule has 2 nitrogen and oxygen atoms in total. The van der Waals surface area contributed by atoms with Crippen LogP contribution in [-0.4, -0.2) is 34.2 Å². The van der Waals surface area contributed by atoms with Gasteiger partial charge in [-0.05, 0) is 50.9 Å². The van der Waals surface area contributed by atoms with Gasteiger partial charge < -0.3 is 5.11 Å². The average Bonchev–Trinajstić information content (AvgIpc) is 2.90. The Kier molecular flexibility index (Phi) is 5.27. The van der Waals surface area contributed by atoms with E-state index >= 15 is 0 Å². The molecule has 0 unspecified atom stereocenters. The Hall–Kier alpha value is -0.0800. The molecule has 1 saturated carbocycles. The molecule has 3 fully saturated rings. The molecule has 0 bridgehead atoms. The van der Waals surface area contributed by atoms with Crippen molar-refractivity contribution in [2.45, 2.75) is 108 Å². The third-order valence-electron chi connectivity index (χ3n) is 6.83. The standard InChI is InChI=1S/C19H35NO/c1-2-3-4-5-9-17-11-10-16-8-6-7-13-19(16)14-12-18(15-21)20(17)19/h16-18,21H,2-15H2,1H3/t16-,17+,18-,19-/m0/s1. The monoisotopic (exact) mass is 293 g/mol. The van der Waals surface area contributed by atoms with Crippen LogP contribution in [0.4, 0.5) is 0 Å². The molecule has 0 aromatic carbocycles. The van der Waals surface area contributed by atoms with Crippen molar-refractivity contribution in [3.63, 3.8) is 0 Å². The maximum atomic E-state index is 9.88. The summed E-state index contributed by atoms with van der Waals surface area (Å²) in [5.41, 5.74) is 0.499. The molecule has 0 radical (unpaired) electrons. The average molecular weight is 293 g/mol. The first kappa shape index (κ1) is 15.8. The van der Waals surface area contributed by atoms with E-state index in [1.807, 2.05) is 0 Å². The minimum atomic E-state index is 0.389. The number of unbranched alkanes of at least 4 members (excludes halogenated alkanes) is 3. The van der Waals surface area contributed by atoms with Crippen molar-refractivity contribution < 1.29 is 5.11 Å². The highest BCUT2D eigenvalue weighted by Gasteiger charge is 2.55. The number of hydrogen-bond donors (Lipinski definition) is 1. The number of hydrogen-bond acceptors (Lipinski definition) is 2.